The van der Waals surface area contributed by atoms with Crippen molar-refractivity contribution in [2.75, 3.05) is 52.9 Å². The number of rotatable bonds is 13. The zero-order valence-corrected chi connectivity index (χ0v) is 17.7. The van der Waals surface area contributed by atoms with Gasteiger partial charge in [-0.25, -0.2) is 0 Å². The zero-order valence-electron chi connectivity index (χ0n) is 17.7. The molecule has 32 heavy (non-hydrogen) atoms. The molecule has 4 fully saturated rings. The molecule has 4 heterocycles. The first-order valence-corrected chi connectivity index (χ1v) is 11.1. The van der Waals surface area contributed by atoms with E-state index in [9.17, 15) is 0 Å². The molecular weight excluding hydrogens is 416 g/mol. The van der Waals surface area contributed by atoms with E-state index in [4.69, 9.17) is 37.9 Å². The van der Waals surface area contributed by atoms with E-state index in [1.165, 1.54) is 0 Å². The van der Waals surface area contributed by atoms with Crippen LogP contribution >= 0.6 is 0 Å². The van der Waals surface area contributed by atoms with Crippen LogP contribution in [0.3, 0.4) is 0 Å². The van der Waals surface area contributed by atoms with Crippen LogP contribution in [0.1, 0.15) is 0 Å². The maximum atomic E-state index is 6.17. The summed E-state index contributed by atoms with van der Waals surface area (Å²) in [7, 11) is 0. The Morgan fingerprint density at radius 2 is 0.750 bits per heavy atom. The van der Waals surface area contributed by atoms with Crippen molar-refractivity contribution < 1.29 is 37.9 Å². The van der Waals surface area contributed by atoms with Crippen LogP contribution in [-0.4, -0.2) is 77.3 Å². The van der Waals surface area contributed by atoms with Crippen LogP contribution in [-0.2, 0) is 18.9 Å². The zero-order chi connectivity index (χ0) is 21.3. The third-order valence-corrected chi connectivity index (χ3v) is 5.53. The van der Waals surface area contributed by atoms with Gasteiger partial charge in [-0.2, -0.15) is 0 Å². The summed E-state index contributed by atoms with van der Waals surface area (Å²) < 4.78 is 46.0. The molecule has 0 bridgehead atoms. The maximum Gasteiger partial charge on any atom is 0.131 e. The lowest BCUT2D eigenvalue weighted by molar-refractivity contribution is 0.248. The van der Waals surface area contributed by atoms with Crippen LogP contribution in [0.2, 0.25) is 0 Å². The molecule has 0 aromatic heterocycles. The van der Waals surface area contributed by atoms with Gasteiger partial charge in [-0.3, -0.25) is 0 Å². The summed E-state index contributed by atoms with van der Waals surface area (Å²) in [5, 5.41) is 0. The first kappa shape index (κ1) is 20.1. The average Bonchev–Trinajstić information content (AvgIpc) is 3.65. The fourth-order valence-electron chi connectivity index (χ4n) is 3.38. The monoisotopic (exact) mass is 442 g/mol. The fourth-order valence-corrected chi connectivity index (χ4v) is 3.38. The van der Waals surface area contributed by atoms with Crippen molar-refractivity contribution in [3.63, 3.8) is 0 Å². The first-order valence-electron chi connectivity index (χ1n) is 11.1. The lowest BCUT2D eigenvalue weighted by atomic mass is 10.0. The second kappa shape index (κ2) is 8.78. The van der Waals surface area contributed by atoms with Gasteiger partial charge in [-0.05, 0) is 24.3 Å². The molecule has 8 nitrogen and oxygen atoms in total. The van der Waals surface area contributed by atoms with Gasteiger partial charge in [0, 0.05) is 0 Å². The molecule has 0 spiro atoms. The van der Waals surface area contributed by atoms with E-state index in [1.807, 2.05) is 36.4 Å². The summed E-state index contributed by atoms with van der Waals surface area (Å²) in [6, 6.07) is 11.6. The van der Waals surface area contributed by atoms with Gasteiger partial charge in [0.25, 0.3) is 0 Å². The minimum Gasteiger partial charge on any atom is -0.490 e. The third-order valence-electron chi connectivity index (χ3n) is 5.53. The maximum absolute atomic E-state index is 6.17. The molecule has 4 unspecified atom stereocenters. The van der Waals surface area contributed by atoms with Crippen LogP contribution in [0.4, 0.5) is 0 Å². The summed E-state index contributed by atoms with van der Waals surface area (Å²) >= 11 is 0. The van der Waals surface area contributed by atoms with Gasteiger partial charge in [0.2, 0.25) is 0 Å². The van der Waals surface area contributed by atoms with Crippen molar-refractivity contribution in [1.29, 1.82) is 0 Å². The van der Waals surface area contributed by atoms with Crippen LogP contribution in [0.15, 0.2) is 36.4 Å². The minimum absolute atomic E-state index is 0.133. The summed E-state index contributed by atoms with van der Waals surface area (Å²) in [5.74, 6) is 2.78. The molecule has 0 aliphatic carbocycles. The quantitative estimate of drug-likeness (QED) is 0.437. The molecular formula is C24H26O8. The molecule has 170 valence electrons. The summed E-state index contributed by atoms with van der Waals surface area (Å²) in [6.45, 7) is 4.81. The molecule has 4 aliphatic heterocycles. The molecule has 8 heteroatoms. The largest absolute Gasteiger partial charge is 0.490 e. The molecule has 2 aromatic carbocycles. The molecule has 2 aromatic rings. The number of benzene rings is 2. The molecule has 0 amide bonds. The Morgan fingerprint density at radius 3 is 0.969 bits per heavy atom. The van der Waals surface area contributed by atoms with Crippen molar-refractivity contribution in [3.05, 3.63) is 36.4 Å². The Morgan fingerprint density at radius 1 is 0.500 bits per heavy atom. The van der Waals surface area contributed by atoms with Crippen LogP contribution in [0.25, 0.3) is 11.1 Å². The van der Waals surface area contributed by atoms with Crippen LogP contribution < -0.4 is 18.9 Å². The van der Waals surface area contributed by atoms with E-state index in [-0.39, 0.29) is 24.4 Å². The van der Waals surface area contributed by atoms with Crippen LogP contribution in [0, 0.1) is 0 Å². The highest BCUT2D eigenvalue weighted by molar-refractivity contribution is 5.85. The number of hydrogen-bond acceptors (Lipinski definition) is 8. The SMILES string of the molecule is c1cc(OCC2CO2)c(-c2c(OCC3CO3)cccc2OCC2CO2)c(OCC2CO2)c1. The Bertz CT molecular complexity index is 801. The number of hydrogen-bond donors (Lipinski definition) is 0. The van der Waals surface area contributed by atoms with Gasteiger partial charge >= 0.3 is 0 Å². The normalized spacial score (nSPS) is 26.9. The summed E-state index contributed by atoms with van der Waals surface area (Å²) in [4.78, 5) is 0. The van der Waals surface area contributed by atoms with Gasteiger partial charge in [-0.15, -0.1) is 0 Å². The Hall–Kier alpha value is -2.52. The fraction of sp³-hybridized carbons (Fsp3) is 0.500. The van der Waals surface area contributed by atoms with Crippen LogP contribution in [0.5, 0.6) is 23.0 Å². The number of ether oxygens (including phenoxy) is 8. The van der Waals surface area contributed by atoms with Gasteiger partial charge in [0.15, 0.2) is 0 Å². The standard InChI is InChI=1S/C24H26O8/c1-3-19(29-11-15-7-25-15)23(20(4-1)30-12-16-8-26-16)24-21(31-13-17-9-27-17)5-2-6-22(24)32-14-18-10-28-18/h1-6,15-18H,7-14H2. The van der Waals surface area contributed by atoms with Gasteiger partial charge in [-0.1, -0.05) is 12.1 Å². The molecule has 4 atom stereocenters. The highest BCUT2D eigenvalue weighted by atomic mass is 16.6. The van der Waals surface area contributed by atoms with Crippen molar-refractivity contribution in [3.8, 4) is 34.1 Å². The van der Waals surface area contributed by atoms with E-state index in [0.717, 1.165) is 37.6 Å². The van der Waals surface area contributed by atoms with E-state index < -0.39 is 0 Å². The molecule has 6 rings (SSSR count). The van der Waals surface area contributed by atoms with Gasteiger partial charge in [0.05, 0.1) is 37.6 Å². The van der Waals surface area contributed by atoms with E-state index in [2.05, 4.69) is 0 Å². The predicted molar refractivity (Wildman–Crippen MR) is 113 cm³/mol. The molecule has 0 radical (unpaired) electrons. The molecule has 4 aliphatic rings. The average molecular weight is 442 g/mol. The second-order valence-electron chi connectivity index (χ2n) is 8.32. The summed E-state index contributed by atoms with van der Waals surface area (Å²) in [5.41, 5.74) is 1.60. The molecule has 0 N–H and O–H groups in total. The Balaban J connectivity index is 1.38. The van der Waals surface area contributed by atoms with Gasteiger partial charge in [0.1, 0.15) is 73.8 Å². The predicted octanol–water partition coefficient (Wildman–Crippen LogP) is 2.46. The van der Waals surface area contributed by atoms with Crippen molar-refractivity contribution in [1.82, 2.24) is 0 Å². The lowest BCUT2D eigenvalue weighted by Gasteiger charge is -2.21. The third kappa shape index (κ3) is 5.10. The Kier molecular flexibility index (Phi) is 5.52. The molecule has 0 saturated carbocycles. The van der Waals surface area contributed by atoms with E-state index in [0.29, 0.717) is 49.4 Å². The molecule has 4 saturated heterocycles. The highest BCUT2D eigenvalue weighted by Gasteiger charge is 2.30. The number of epoxide rings is 4. The smallest absolute Gasteiger partial charge is 0.131 e. The summed E-state index contributed by atoms with van der Waals surface area (Å²) in [6.07, 6.45) is 0.532. The van der Waals surface area contributed by atoms with Crippen molar-refractivity contribution in [2.24, 2.45) is 0 Å². The van der Waals surface area contributed by atoms with Crippen molar-refractivity contribution in [2.45, 2.75) is 24.4 Å². The topological polar surface area (TPSA) is 87.0 Å². The first-order chi connectivity index (χ1) is 15.8. The second-order valence-corrected chi connectivity index (χ2v) is 8.32. The van der Waals surface area contributed by atoms with Crippen molar-refractivity contribution >= 4 is 0 Å². The lowest BCUT2D eigenvalue weighted by Crippen LogP contribution is -2.11. The van der Waals surface area contributed by atoms with Gasteiger partial charge < -0.3 is 37.9 Å². The van der Waals surface area contributed by atoms with E-state index in [1.54, 1.807) is 0 Å². The minimum atomic E-state index is 0.133. The highest BCUT2D eigenvalue weighted by Crippen LogP contribution is 2.48. The Labute approximate surface area is 186 Å². The van der Waals surface area contributed by atoms with E-state index >= 15 is 0 Å².